The van der Waals surface area contributed by atoms with E-state index in [-0.39, 0.29) is 18.3 Å². The van der Waals surface area contributed by atoms with Crippen molar-refractivity contribution in [2.75, 3.05) is 32.7 Å². The number of nitrogens with two attached hydrogens (primary N) is 3. The van der Waals surface area contributed by atoms with Gasteiger partial charge in [0, 0.05) is 19.1 Å². The third kappa shape index (κ3) is 13.1. The first kappa shape index (κ1) is 34.3. The summed E-state index contributed by atoms with van der Waals surface area (Å²) in [6.45, 7) is 6.86. The molecule has 0 saturated carbocycles. The topological polar surface area (TPSA) is 204 Å². The SMILES string of the molecule is CC(C)C[C@@H](NC(=O)[C@H](N)Cc1ccccc1)C(=O)NC(CC(N)CCNCCN)C(=O)OC(=O)C1CCNCC1. The number of carbonyl (C=O) groups excluding carboxylic acids is 4. The molecule has 4 atom stereocenters. The van der Waals surface area contributed by atoms with Gasteiger partial charge in [-0.2, -0.15) is 0 Å². The summed E-state index contributed by atoms with van der Waals surface area (Å²) < 4.78 is 5.23. The lowest BCUT2D eigenvalue weighted by Gasteiger charge is -2.26. The van der Waals surface area contributed by atoms with Crippen LogP contribution < -0.4 is 38.5 Å². The lowest BCUT2D eigenvalue weighted by atomic mass is 9.98. The minimum Gasteiger partial charge on any atom is -0.391 e. The summed E-state index contributed by atoms with van der Waals surface area (Å²) in [7, 11) is 0. The predicted molar refractivity (Wildman–Crippen MR) is 157 cm³/mol. The van der Waals surface area contributed by atoms with Crippen LogP contribution in [0.4, 0.5) is 0 Å². The van der Waals surface area contributed by atoms with Gasteiger partial charge < -0.3 is 43.2 Å². The molecule has 1 aromatic rings. The highest BCUT2D eigenvalue weighted by atomic mass is 16.6. The molecule has 230 valence electrons. The first-order chi connectivity index (χ1) is 19.6. The van der Waals surface area contributed by atoms with Gasteiger partial charge in [-0.1, -0.05) is 44.2 Å². The summed E-state index contributed by atoms with van der Waals surface area (Å²) in [5, 5.41) is 11.8. The first-order valence-electron chi connectivity index (χ1n) is 14.6. The molecule has 0 radical (unpaired) electrons. The molecule has 1 heterocycles. The highest BCUT2D eigenvalue weighted by Gasteiger charge is 2.33. The van der Waals surface area contributed by atoms with Crippen LogP contribution in [0.25, 0.3) is 0 Å². The molecule has 1 aliphatic rings. The summed E-state index contributed by atoms with van der Waals surface area (Å²) in [6, 6.07) is 5.92. The minimum absolute atomic E-state index is 0.0548. The standard InChI is InChI=1S/C29H49N7O5/c1-19(2)16-24(35-26(37)23(32)17-20-6-4-3-5-7-20)27(38)36-25(18-22(31)10-14-34-15-11-30)29(40)41-28(39)21-8-12-33-13-9-21/h3-7,19,21-25,33-34H,8-18,30-32H2,1-2H3,(H,35,37)(H,36,38)/t22?,23-,24-,25?/m1/s1. The van der Waals surface area contributed by atoms with Gasteiger partial charge in [-0.05, 0) is 69.6 Å². The molecule has 0 aromatic heterocycles. The van der Waals surface area contributed by atoms with E-state index >= 15 is 0 Å². The fourth-order valence-corrected chi connectivity index (χ4v) is 4.68. The monoisotopic (exact) mass is 575 g/mol. The molecule has 2 amide bonds. The summed E-state index contributed by atoms with van der Waals surface area (Å²) in [5.41, 5.74) is 18.8. The van der Waals surface area contributed by atoms with E-state index < -0.39 is 47.9 Å². The quantitative estimate of drug-likeness (QED) is 0.0706. The lowest BCUT2D eigenvalue weighted by molar-refractivity contribution is -0.165. The Morgan fingerprint density at radius 2 is 1.61 bits per heavy atom. The molecule has 1 saturated heterocycles. The van der Waals surface area contributed by atoms with E-state index in [4.69, 9.17) is 21.9 Å². The molecule has 2 rings (SSSR count). The number of hydrogen-bond donors (Lipinski definition) is 7. The van der Waals surface area contributed by atoms with E-state index in [1.165, 1.54) is 0 Å². The van der Waals surface area contributed by atoms with Crippen LogP contribution in [-0.2, 0) is 30.3 Å². The summed E-state index contributed by atoms with van der Waals surface area (Å²) in [5.74, 6) is -2.83. The normalized spacial score (nSPS) is 16.8. The molecule has 10 N–H and O–H groups in total. The fraction of sp³-hybridized carbons (Fsp3) is 0.655. The van der Waals surface area contributed by atoms with Crippen LogP contribution in [0, 0.1) is 11.8 Å². The maximum Gasteiger partial charge on any atom is 0.336 e. The maximum atomic E-state index is 13.4. The average Bonchev–Trinajstić information content (AvgIpc) is 2.95. The zero-order valence-corrected chi connectivity index (χ0v) is 24.4. The van der Waals surface area contributed by atoms with Crippen LogP contribution in [0.15, 0.2) is 30.3 Å². The van der Waals surface area contributed by atoms with E-state index in [1.54, 1.807) is 0 Å². The number of carbonyl (C=O) groups is 4. The molecule has 1 aromatic carbocycles. The van der Waals surface area contributed by atoms with Gasteiger partial charge in [-0.15, -0.1) is 0 Å². The van der Waals surface area contributed by atoms with Crippen LogP contribution in [0.1, 0.15) is 51.5 Å². The molecule has 1 fully saturated rings. The fourth-order valence-electron chi connectivity index (χ4n) is 4.68. The van der Waals surface area contributed by atoms with E-state index in [0.717, 1.165) is 5.56 Å². The summed E-state index contributed by atoms with van der Waals surface area (Å²) >= 11 is 0. The van der Waals surface area contributed by atoms with Crippen molar-refractivity contribution in [1.29, 1.82) is 0 Å². The van der Waals surface area contributed by atoms with Gasteiger partial charge in [-0.25, -0.2) is 4.79 Å². The van der Waals surface area contributed by atoms with Crippen molar-refractivity contribution in [2.24, 2.45) is 29.0 Å². The summed E-state index contributed by atoms with van der Waals surface area (Å²) in [6.07, 6.45) is 2.35. The molecule has 1 aliphatic heterocycles. The molecule has 0 aliphatic carbocycles. The number of ether oxygens (including phenoxy) is 1. The number of esters is 2. The first-order valence-corrected chi connectivity index (χ1v) is 14.6. The van der Waals surface area contributed by atoms with Gasteiger partial charge in [0.15, 0.2) is 0 Å². The van der Waals surface area contributed by atoms with Gasteiger partial charge >= 0.3 is 11.9 Å². The van der Waals surface area contributed by atoms with Crippen LogP contribution in [-0.4, -0.2) is 80.6 Å². The van der Waals surface area contributed by atoms with Crippen molar-refractivity contribution < 1.29 is 23.9 Å². The Kier molecular flexibility index (Phi) is 15.5. The predicted octanol–water partition coefficient (Wildman–Crippen LogP) is -0.703. The zero-order chi connectivity index (χ0) is 30.2. The Morgan fingerprint density at radius 1 is 0.951 bits per heavy atom. The number of nitrogens with one attached hydrogen (secondary N) is 4. The molecule has 41 heavy (non-hydrogen) atoms. The Hall–Kier alpha value is -2.90. The Bertz CT molecular complexity index is 956. The molecule has 2 unspecified atom stereocenters. The number of hydrogen-bond acceptors (Lipinski definition) is 10. The van der Waals surface area contributed by atoms with Crippen LogP contribution in [0.5, 0.6) is 0 Å². The second kappa shape index (κ2) is 18.5. The largest absolute Gasteiger partial charge is 0.391 e. The highest BCUT2D eigenvalue weighted by Crippen LogP contribution is 2.15. The zero-order valence-electron chi connectivity index (χ0n) is 24.4. The molecule has 12 nitrogen and oxygen atoms in total. The van der Waals surface area contributed by atoms with Crippen molar-refractivity contribution in [3.63, 3.8) is 0 Å². The lowest BCUT2D eigenvalue weighted by Crippen LogP contribution is -2.56. The minimum atomic E-state index is -1.16. The van der Waals surface area contributed by atoms with Crippen LogP contribution >= 0.6 is 0 Å². The van der Waals surface area contributed by atoms with Crippen molar-refractivity contribution in [2.45, 2.75) is 76.5 Å². The molecule has 0 spiro atoms. The van der Waals surface area contributed by atoms with Crippen molar-refractivity contribution in [3.8, 4) is 0 Å². The van der Waals surface area contributed by atoms with E-state index in [0.29, 0.717) is 64.8 Å². The van der Waals surface area contributed by atoms with Crippen LogP contribution in [0.2, 0.25) is 0 Å². The molecular formula is C29H49N7O5. The van der Waals surface area contributed by atoms with Gasteiger partial charge in [0.1, 0.15) is 12.1 Å². The van der Waals surface area contributed by atoms with Crippen molar-refractivity contribution in [1.82, 2.24) is 21.3 Å². The number of rotatable bonds is 17. The Morgan fingerprint density at radius 3 is 2.24 bits per heavy atom. The number of amides is 2. The second-order valence-electron chi connectivity index (χ2n) is 11.1. The van der Waals surface area contributed by atoms with E-state index in [1.807, 2.05) is 44.2 Å². The average molecular weight is 576 g/mol. The van der Waals surface area contributed by atoms with Gasteiger partial charge in [0.25, 0.3) is 0 Å². The smallest absolute Gasteiger partial charge is 0.336 e. The van der Waals surface area contributed by atoms with E-state index in [9.17, 15) is 19.2 Å². The second-order valence-corrected chi connectivity index (χ2v) is 11.1. The highest BCUT2D eigenvalue weighted by molar-refractivity contribution is 5.94. The van der Waals surface area contributed by atoms with E-state index in [2.05, 4.69) is 21.3 Å². The molecule has 12 heteroatoms. The van der Waals surface area contributed by atoms with Gasteiger partial charge in [0.05, 0.1) is 12.0 Å². The number of benzene rings is 1. The van der Waals surface area contributed by atoms with Crippen molar-refractivity contribution >= 4 is 23.8 Å². The van der Waals surface area contributed by atoms with Gasteiger partial charge in [-0.3, -0.25) is 14.4 Å². The number of piperidine rings is 1. The van der Waals surface area contributed by atoms with Crippen LogP contribution in [0.3, 0.4) is 0 Å². The van der Waals surface area contributed by atoms with Gasteiger partial charge in [0.2, 0.25) is 11.8 Å². The Balaban J connectivity index is 2.10. The Labute approximate surface area is 243 Å². The summed E-state index contributed by atoms with van der Waals surface area (Å²) in [4.78, 5) is 52.2. The maximum absolute atomic E-state index is 13.4. The third-order valence-electron chi connectivity index (χ3n) is 7.00. The molecular weight excluding hydrogens is 526 g/mol. The van der Waals surface area contributed by atoms with Crippen molar-refractivity contribution in [3.05, 3.63) is 35.9 Å². The third-order valence-corrected chi connectivity index (χ3v) is 7.00. The molecule has 0 bridgehead atoms.